The van der Waals surface area contributed by atoms with Gasteiger partial charge in [0.05, 0.1) is 0 Å². The van der Waals surface area contributed by atoms with Gasteiger partial charge in [-0.2, -0.15) is 5.10 Å². The van der Waals surface area contributed by atoms with Gasteiger partial charge in [0.25, 0.3) is 0 Å². The number of allylic oxidation sites excluding steroid dienone is 1. The van der Waals surface area contributed by atoms with Crippen LogP contribution in [0.4, 0.5) is 0 Å². The van der Waals surface area contributed by atoms with E-state index in [0.29, 0.717) is 6.42 Å². The summed E-state index contributed by atoms with van der Waals surface area (Å²) < 4.78 is 0. The third-order valence-corrected chi connectivity index (χ3v) is 6.14. The molecule has 24 heavy (non-hydrogen) atoms. The van der Waals surface area contributed by atoms with E-state index in [1.807, 2.05) is 42.5 Å². The smallest absolute Gasteiger partial charge is 0.240 e. The Morgan fingerprint density at radius 2 is 1.71 bits per heavy atom. The lowest BCUT2D eigenvalue weighted by Gasteiger charge is -2.56. The molecule has 0 unspecified atom stereocenters. The summed E-state index contributed by atoms with van der Waals surface area (Å²) in [7, 11) is 0. The second-order valence-electron chi connectivity index (χ2n) is 8.18. The minimum absolute atomic E-state index is 0.0845. The first-order valence-corrected chi connectivity index (χ1v) is 9.24. The van der Waals surface area contributed by atoms with Crippen LogP contribution in [0.1, 0.15) is 50.5 Å². The number of rotatable bonds is 5. The predicted octanol–water partition coefficient (Wildman–Crippen LogP) is 4.41. The third kappa shape index (κ3) is 3.45. The molecule has 1 N–H and O–H groups in total. The lowest BCUT2D eigenvalue weighted by Crippen LogP contribution is -2.47. The molecule has 3 heteroatoms. The van der Waals surface area contributed by atoms with Gasteiger partial charge in [-0.05, 0) is 73.3 Å². The molecule has 5 rings (SSSR count). The topological polar surface area (TPSA) is 41.5 Å². The van der Waals surface area contributed by atoms with Crippen molar-refractivity contribution in [3.05, 3.63) is 42.0 Å². The molecule has 0 atom stereocenters. The Morgan fingerprint density at radius 1 is 1.08 bits per heavy atom. The second kappa shape index (κ2) is 6.54. The van der Waals surface area contributed by atoms with Crippen molar-refractivity contribution in [2.45, 2.75) is 44.9 Å². The molecular weight excluding hydrogens is 296 g/mol. The van der Waals surface area contributed by atoms with E-state index in [0.717, 1.165) is 23.3 Å². The van der Waals surface area contributed by atoms with Gasteiger partial charge in [-0.15, -0.1) is 0 Å². The summed E-state index contributed by atoms with van der Waals surface area (Å²) in [5, 5.41) is 4.07. The van der Waals surface area contributed by atoms with E-state index in [1.54, 1.807) is 6.21 Å². The van der Waals surface area contributed by atoms with Gasteiger partial charge < -0.3 is 0 Å². The highest BCUT2D eigenvalue weighted by molar-refractivity contribution is 5.81. The molecule has 4 saturated carbocycles. The predicted molar refractivity (Wildman–Crippen MR) is 97.3 cm³/mol. The number of hydrazone groups is 1. The molecule has 0 saturated heterocycles. The zero-order valence-corrected chi connectivity index (χ0v) is 14.2. The number of benzene rings is 1. The molecule has 0 aliphatic heterocycles. The molecule has 3 nitrogen and oxygen atoms in total. The molecule has 0 spiro atoms. The molecule has 4 aliphatic rings. The molecule has 4 aliphatic carbocycles. The first kappa shape index (κ1) is 15.6. The number of carbonyl (C=O) groups is 1. The van der Waals surface area contributed by atoms with Crippen molar-refractivity contribution < 1.29 is 4.79 Å². The van der Waals surface area contributed by atoms with Gasteiger partial charge in [0.1, 0.15) is 0 Å². The van der Waals surface area contributed by atoms with Crippen LogP contribution in [0.2, 0.25) is 0 Å². The quantitative estimate of drug-likeness (QED) is 0.633. The van der Waals surface area contributed by atoms with Crippen molar-refractivity contribution in [2.24, 2.45) is 28.3 Å². The summed E-state index contributed by atoms with van der Waals surface area (Å²) in [4.78, 5) is 12.3. The number of amides is 1. The molecule has 1 amide bonds. The Labute approximate surface area is 144 Å². The van der Waals surface area contributed by atoms with E-state index in [2.05, 4.69) is 10.5 Å². The largest absolute Gasteiger partial charge is 0.273 e. The first-order chi connectivity index (χ1) is 11.7. The maximum atomic E-state index is 12.3. The lowest BCUT2D eigenvalue weighted by atomic mass is 9.49. The summed E-state index contributed by atoms with van der Waals surface area (Å²) in [6.07, 6.45) is 14.2. The fraction of sp³-hybridized carbons (Fsp3) is 0.524. The zero-order valence-electron chi connectivity index (χ0n) is 14.2. The Balaban J connectivity index is 1.28. The molecule has 1 aromatic rings. The van der Waals surface area contributed by atoms with E-state index in [1.165, 1.54) is 38.5 Å². The van der Waals surface area contributed by atoms with Crippen LogP contribution in [-0.4, -0.2) is 12.1 Å². The van der Waals surface area contributed by atoms with Gasteiger partial charge >= 0.3 is 0 Å². The number of nitrogens with zero attached hydrogens (tertiary/aromatic N) is 1. The highest BCUT2D eigenvalue weighted by Gasteiger charge is 2.51. The maximum absolute atomic E-state index is 12.3. The number of carbonyl (C=O) groups excluding carboxylic acids is 1. The van der Waals surface area contributed by atoms with Crippen LogP contribution in [0.3, 0.4) is 0 Å². The van der Waals surface area contributed by atoms with Gasteiger partial charge in [-0.25, -0.2) is 5.43 Å². The number of hydrogen-bond acceptors (Lipinski definition) is 2. The molecule has 0 heterocycles. The highest BCUT2D eigenvalue weighted by atomic mass is 16.2. The molecule has 0 radical (unpaired) electrons. The minimum Gasteiger partial charge on any atom is -0.273 e. The Kier molecular flexibility index (Phi) is 4.26. The van der Waals surface area contributed by atoms with Crippen LogP contribution < -0.4 is 5.43 Å². The Morgan fingerprint density at radius 3 is 2.33 bits per heavy atom. The van der Waals surface area contributed by atoms with Gasteiger partial charge in [-0.3, -0.25) is 4.79 Å². The van der Waals surface area contributed by atoms with Crippen molar-refractivity contribution in [1.29, 1.82) is 0 Å². The number of nitrogens with one attached hydrogen (secondary N) is 1. The van der Waals surface area contributed by atoms with Crippen molar-refractivity contribution in [3.63, 3.8) is 0 Å². The van der Waals surface area contributed by atoms with Crippen LogP contribution in [0, 0.1) is 23.2 Å². The Hall–Kier alpha value is -1.90. The second-order valence-corrected chi connectivity index (χ2v) is 8.18. The molecule has 126 valence electrons. The standard InChI is InChI=1S/C21H26N2O/c24-20(23-22-8-4-7-16-5-2-1-3-6-16)15-21-12-17-9-18(13-21)11-19(10-17)14-21/h1-8,17-19H,9-15H2,(H,23,24)/b7-4+,22-8+. The Bertz CT molecular complexity index is 612. The maximum Gasteiger partial charge on any atom is 0.240 e. The van der Waals surface area contributed by atoms with Gasteiger partial charge in [-0.1, -0.05) is 36.4 Å². The minimum atomic E-state index is 0.0845. The average Bonchev–Trinajstić information content (AvgIpc) is 2.53. The molecule has 4 fully saturated rings. The summed E-state index contributed by atoms with van der Waals surface area (Å²) in [5.41, 5.74) is 4.14. The van der Waals surface area contributed by atoms with E-state index >= 15 is 0 Å². The van der Waals surface area contributed by atoms with Crippen molar-refractivity contribution in [2.75, 3.05) is 0 Å². The average molecular weight is 322 g/mol. The summed E-state index contributed by atoms with van der Waals surface area (Å²) >= 11 is 0. The molecule has 0 aromatic heterocycles. The van der Waals surface area contributed by atoms with Crippen molar-refractivity contribution in [3.8, 4) is 0 Å². The fourth-order valence-electron chi connectivity index (χ4n) is 5.76. The van der Waals surface area contributed by atoms with E-state index in [4.69, 9.17) is 0 Å². The van der Waals surface area contributed by atoms with Crippen molar-refractivity contribution in [1.82, 2.24) is 5.43 Å². The molecular formula is C21H26N2O. The van der Waals surface area contributed by atoms with Crippen LogP contribution in [0.25, 0.3) is 6.08 Å². The highest BCUT2D eigenvalue weighted by Crippen LogP contribution is 2.61. The normalized spacial score (nSPS) is 34.2. The first-order valence-electron chi connectivity index (χ1n) is 9.24. The summed E-state index contributed by atoms with van der Waals surface area (Å²) in [6.45, 7) is 0. The SMILES string of the molecule is O=C(CC12CC3CC(CC(C3)C1)C2)N/N=C/C=C/c1ccccc1. The van der Waals surface area contributed by atoms with Crippen LogP contribution in [-0.2, 0) is 4.79 Å². The summed E-state index contributed by atoms with van der Waals surface area (Å²) in [5.74, 6) is 2.75. The van der Waals surface area contributed by atoms with Gasteiger partial charge in [0.2, 0.25) is 5.91 Å². The van der Waals surface area contributed by atoms with Gasteiger partial charge in [0, 0.05) is 12.6 Å². The third-order valence-electron chi connectivity index (χ3n) is 6.14. The molecule has 4 bridgehead atoms. The van der Waals surface area contributed by atoms with Crippen LogP contribution >= 0.6 is 0 Å². The van der Waals surface area contributed by atoms with Crippen LogP contribution in [0.5, 0.6) is 0 Å². The number of hydrogen-bond donors (Lipinski definition) is 1. The van der Waals surface area contributed by atoms with Crippen molar-refractivity contribution >= 4 is 18.2 Å². The molecule has 1 aromatic carbocycles. The van der Waals surface area contributed by atoms with Gasteiger partial charge in [0.15, 0.2) is 0 Å². The zero-order chi connectivity index (χ0) is 16.4. The summed E-state index contributed by atoms with van der Waals surface area (Å²) in [6, 6.07) is 10.1. The van der Waals surface area contributed by atoms with E-state index in [-0.39, 0.29) is 11.3 Å². The monoisotopic (exact) mass is 322 g/mol. The van der Waals surface area contributed by atoms with E-state index < -0.39 is 0 Å². The van der Waals surface area contributed by atoms with Crippen LogP contribution in [0.15, 0.2) is 41.5 Å². The van der Waals surface area contributed by atoms with E-state index in [9.17, 15) is 4.79 Å². The lowest BCUT2D eigenvalue weighted by molar-refractivity contribution is -0.129. The fourth-order valence-corrected chi connectivity index (χ4v) is 5.76.